The van der Waals surface area contributed by atoms with E-state index in [-0.39, 0.29) is 17.5 Å². The summed E-state index contributed by atoms with van der Waals surface area (Å²) in [6.07, 6.45) is 16.9. The maximum Gasteiger partial charge on any atom is 0.315 e. The molecule has 3 aliphatic carbocycles. The SMILES string of the molecule is COC(=O)C1(C2=CCC(OCC3=NC4=C(CCCC4)CC3)CC2)CCCC1. The van der Waals surface area contributed by atoms with Crippen molar-refractivity contribution in [1.82, 2.24) is 0 Å². The molecule has 0 N–H and O–H groups in total. The molecule has 4 heteroatoms. The largest absolute Gasteiger partial charge is 0.468 e. The van der Waals surface area contributed by atoms with E-state index in [0.29, 0.717) is 6.61 Å². The number of carbonyl (C=O) groups is 1. The summed E-state index contributed by atoms with van der Waals surface area (Å²) in [4.78, 5) is 17.4. The predicted octanol–water partition coefficient (Wildman–Crippen LogP) is 5.28. The minimum absolute atomic E-state index is 0.0289. The Labute approximate surface area is 163 Å². The van der Waals surface area contributed by atoms with Crippen molar-refractivity contribution in [3.05, 3.63) is 22.9 Å². The third kappa shape index (κ3) is 3.91. The number of rotatable bonds is 5. The van der Waals surface area contributed by atoms with Gasteiger partial charge < -0.3 is 9.47 Å². The second-order valence-corrected chi connectivity index (χ2v) is 8.65. The van der Waals surface area contributed by atoms with E-state index in [4.69, 9.17) is 14.5 Å². The van der Waals surface area contributed by atoms with Crippen molar-refractivity contribution in [1.29, 1.82) is 0 Å². The summed E-state index contributed by atoms with van der Waals surface area (Å²) >= 11 is 0. The van der Waals surface area contributed by atoms with Gasteiger partial charge in [-0.1, -0.05) is 24.5 Å². The lowest BCUT2D eigenvalue weighted by Crippen LogP contribution is -2.34. The number of carbonyl (C=O) groups excluding carboxylic acids is 1. The van der Waals surface area contributed by atoms with Crippen LogP contribution in [0.5, 0.6) is 0 Å². The molecule has 0 spiro atoms. The fourth-order valence-electron chi connectivity index (χ4n) is 5.44. The molecule has 148 valence electrons. The third-order valence-corrected chi connectivity index (χ3v) is 7.06. The molecule has 1 heterocycles. The van der Waals surface area contributed by atoms with Crippen LogP contribution in [-0.4, -0.2) is 31.5 Å². The Bertz CT molecular complexity index is 667. The Kier molecular flexibility index (Phi) is 5.82. The van der Waals surface area contributed by atoms with Crippen LogP contribution in [0, 0.1) is 5.41 Å². The van der Waals surface area contributed by atoms with Crippen LogP contribution in [0.15, 0.2) is 27.9 Å². The Morgan fingerprint density at radius 3 is 2.67 bits per heavy atom. The van der Waals surface area contributed by atoms with Crippen molar-refractivity contribution < 1.29 is 14.3 Å². The maximum absolute atomic E-state index is 12.4. The first-order valence-electron chi connectivity index (χ1n) is 10.9. The van der Waals surface area contributed by atoms with Crippen molar-refractivity contribution in [2.75, 3.05) is 13.7 Å². The molecule has 0 amide bonds. The number of hydrogen-bond acceptors (Lipinski definition) is 4. The van der Waals surface area contributed by atoms with E-state index in [2.05, 4.69) is 6.08 Å². The number of methoxy groups -OCH3 is 1. The molecule has 1 atom stereocenters. The van der Waals surface area contributed by atoms with Crippen LogP contribution in [0.4, 0.5) is 0 Å². The van der Waals surface area contributed by atoms with Crippen LogP contribution < -0.4 is 0 Å². The number of hydrogen-bond donors (Lipinski definition) is 0. The van der Waals surface area contributed by atoms with Crippen molar-refractivity contribution in [2.45, 2.75) is 89.6 Å². The van der Waals surface area contributed by atoms with Crippen LogP contribution in [-0.2, 0) is 14.3 Å². The topological polar surface area (TPSA) is 47.9 Å². The van der Waals surface area contributed by atoms with Gasteiger partial charge in [0, 0.05) is 11.4 Å². The molecule has 0 aromatic rings. The molecule has 0 radical (unpaired) electrons. The molecule has 1 aliphatic heterocycles. The molecule has 1 fully saturated rings. The molecule has 0 saturated heterocycles. The first-order chi connectivity index (χ1) is 13.2. The summed E-state index contributed by atoms with van der Waals surface area (Å²) in [5, 5.41) is 0. The van der Waals surface area contributed by atoms with E-state index in [1.165, 1.54) is 49.8 Å². The molecule has 0 aromatic heterocycles. The minimum atomic E-state index is -0.336. The normalized spacial score (nSPS) is 27.7. The van der Waals surface area contributed by atoms with Crippen LogP contribution >= 0.6 is 0 Å². The third-order valence-electron chi connectivity index (χ3n) is 7.06. The Morgan fingerprint density at radius 2 is 1.93 bits per heavy atom. The summed E-state index contributed by atoms with van der Waals surface area (Å²) in [7, 11) is 1.52. The highest BCUT2D eigenvalue weighted by Crippen LogP contribution is 2.48. The smallest absolute Gasteiger partial charge is 0.315 e. The Balaban J connectivity index is 1.33. The van der Waals surface area contributed by atoms with Crippen molar-refractivity contribution >= 4 is 11.7 Å². The number of allylic oxidation sites excluding steroid dienone is 2. The average Bonchev–Trinajstić information content (AvgIpc) is 3.23. The zero-order valence-electron chi connectivity index (χ0n) is 16.7. The highest BCUT2D eigenvalue weighted by molar-refractivity contribution is 5.87. The number of nitrogens with zero attached hydrogens (tertiary/aromatic N) is 1. The van der Waals surface area contributed by atoms with E-state index in [1.807, 2.05) is 0 Å². The number of aliphatic imine (C=N–C) groups is 1. The van der Waals surface area contributed by atoms with Crippen LogP contribution in [0.1, 0.15) is 83.5 Å². The maximum atomic E-state index is 12.4. The molecule has 4 nitrogen and oxygen atoms in total. The molecule has 0 bridgehead atoms. The molecule has 1 unspecified atom stereocenters. The standard InChI is InChI=1S/C23H33NO3/c1-26-22(25)23(14-4-5-15-23)18-9-12-20(13-10-18)27-16-19-11-8-17-6-2-3-7-21(17)24-19/h9,20H,2-8,10-16H2,1H3. The predicted molar refractivity (Wildman–Crippen MR) is 107 cm³/mol. The molecular formula is C23H33NO3. The van der Waals surface area contributed by atoms with E-state index < -0.39 is 0 Å². The van der Waals surface area contributed by atoms with Gasteiger partial charge in [-0.2, -0.15) is 0 Å². The first-order valence-corrected chi connectivity index (χ1v) is 10.9. The summed E-state index contributed by atoms with van der Waals surface area (Å²) in [5.74, 6) is -0.0289. The summed E-state index contributed by atoms with van der Waals surface area (Å²) < 4.78 is 11.4. The molecule has 1 saturated carbocycles. The van der Waals surface area contributed by atoms with Gasteiger partial charge in [-0.15, -0.1) is 0 Å². The fraction of sp³-hybridized carbons (Fsp3) is 0.739. The van der Waals surface area contributed by atoms with Gasteiger partial charge in [0.25, 0.3) is 0 Å². The number of ether oxygens (including phenoxy) is 2. The van der Waals surface area contributed by atoms with Crippen molar-refractivity contribution in [3.8, 4) is 0 Å². The van der Waals surface area contributed by atoms with E-state index in [9.17, 15) is 4.79 Å². The van der Waals surface area contributed by atoms with Crippen LogP contribution in [0.25, 0.3) is 0 Å². The van der Waals surface area contributed by atoms with E-state index in [1.54, 1.807) is 5.57 Å². The minimum Gasteiger partial charge on any atom is -0.468 e. The monoisotopic (exact) mass is 371 g/mol. The van der Waals surface area contributed by atoms with E-state index in [0.717, 1.165) is 57.8 Å². The van der Waals surface area contributed by atoms with Crippen molar-refractivity contribution in [3.63, 3.8) is 0 Å². The highest BCUT2D eigenvalue weighted by Gasteiger charge is 2.45. The van der Waals surface area contributed by atoms with Gasteiger partial charge in [0.15, 0.2) is 0 Å². The Morgan fingerprint density at radius 1 is 1.11 bits per heavy atom. The van der Waals surface area contributed by atoms with Gasteiger partial charge in [-0.3, -0.25) is 9.79 Å². The summed E-state index contributed by atoms with van der Waals surface area (Å²) in [6.45, 7) is 0.673. The second kappa shape index (κ2) is 8.30. The van der Waals surface area contributed by atoms with Gasteiger partial charge in [0.05, 0.1) is 25.2 Å². The number of esters is 1. The van der Waals surface area contributed by atoms with Gasteiger partial charge in [-0.25, -0.2) is 0 Å². The molecule has 4 aliphatic rings. The van der Waals surface area contributed by atoms with Gasteiger partial charge in [0.1, 0.15) is 0 Å². The van der Waals surface area contributed by atoms with Crippen LogP contribution in [0.3, 0.4) is 0 Å². The molecule has 27 heavy (non-hydrogen) atoms. The van der Waals surface area contributed by atoms with Crippen molar-refractivity contribution in [2.24, 2.45) is 10.4 Å². The second-order valence-electron chi connectivity index (χ2n) is 8.65. The zero-order valence-corrected chi connectivity index (χ0v) is 16.7. The van der Waals surface area contributed by atoms with E-state index >= 15 is 0 Å². The lowest BCUT2D eigenvalue weighted by Gasteiger charge is -2.33. The molecule has 4 rings (SSSR count). The summed E-state index contributed by atoms with van der Waals surface area (Å²) in [5.41, 5.74) is 5.15. The first kappa shape index (κ1) is 18.9. The highest BCUT2D eigenvalue weighted by atomic mass is 16.5. The zero-order chi connectivity index (χ0) is 18.7. The van der Waals surface area contributed by atoms with Gasteiger partial charge in [0.2, 0.25) is 0 Å². The Hall–Kier alpha value is -1.42. The lowest BCUT2D eigenvalue weighted by molar-refractivity contribution is -0.150. The quantitative estimate of drug-likeness (QED) is 0.488. The molecule has 0 aromatic carbocycles. The van der Waals surface area contributed by atoms with Gasteiger partial charge in [-0.05, 0) is 76.2 Å². The van der Waals surface area contributed by atoms with Gasteiger partial charge >= 0.3 is 5.97 Å². The fourth-order valence-corrected chi connectivity index (χ4v) is 5.44. The van der Waals surface area contributed by atoms with Crippen LogP contribution in [0.2, 0.25) is 0 Å². The molecular weight excluding hydrogens is 338 g/mol. The summed E-state index contributed by atoms with van der Waals surface area (Å²) in [6, 6.07) is 0. The lowest BCUT2D eigenvalue weighted by atomic mass is 9.73. The average molecular weight is 372 g/mol.